The molecule has 0 atom stereocenters. The Morgan fingerprint density at radius 2 is 1.65 bits per heavy atom. The van der Waals surface area contributed by atoms with E-state index in [-0.39, 0.29) is 17.0 Å². The molecule has 2 N–H and O–H groups in total. The summed E-state index contributed by atoms with van der Waals surface area (Å²) in [5.41, 5.74) is 0.750. The van der Waals surface area contributed by atoms with Gasteiger partial charge in [0.1, 0.15) is 5.82 Å². The fraction of sp³-hybridized carbons (Fsp3) is 0.400. The van der Waals surface area contributed by atoms with Crippen molar-refractivity contribution in [2.45, 2.75) is 42.7 Å². The van der Waals surface area contributed by atoms with Gasteiger partial charge < -0.3 is 5.32 Å². The monoisotopic (exact) mass is 463 g/mol. The van der Waals surface area contributed by atoms with Gasteiger partial charge in [0.15, 0.2) is 9.84 Å². The topological polar surface area (TPSA) is 123 Å². The molecule has 0 saturated heterocycles. The Labute approximate surface area is 181 Å². The number of anilines is 1. The maximum absolute atomic E-state index is 12.2. The van der Waals surface area contributed by atoms with Gasteiger partial charge in [0.2, 0.25) is 16.0 Å². The molecule has 3 aromatic rings. The molecule has 1 saturated carbocycles. The molecule has 9 nitrogen and oxygen atoms in total. The first-order valence-corrected chi connectivity index (χ1v) is 13.8. The molecule has 0 amide bonds. The fourth-order valence-corrected chi connectivity index (χ4v) is 5.74. The number of sulfonamides is 1. The number of hydrogen-bond donors (Lipinski definition) is 2. The summed E-state index contributed by atoms with van der Waals surface area (Å²) in [4.78, 5) is 9.16. The number of rotatable bonds is 6. The summed E-state index contributed by atoms with van der Waals surface area (Å²) in [5, 5.41) is 3.98. The Balaban J connectivity index is 1.55. The van der Waals surface area contributed by atoms with Crippen molar-refractivity contribution in [3.63, 3.8) is 0 Å². The Bertz CT molecular complexity index is 1310. The second-order valence-corrected chi connectivity index (χ2v) is 11.7. The van der Waals surface area contributed by atoms with Crippen molar-refractivity contribution < 1.29 is 16.8 Å². The van der Waals surface area contributed by atoms with Crippen LogP contribution in [0.5, 0.6) is 0 Å². The first kappa shape index (κ1) is 21.7. The van der Waals surface area contributed by atoms with Crippen LogP contribution >= 0.6 is 0 Å². The van der Waals surface area contributed by atoms with Gasteiger partial charge in [0.05, 0.1) is 16.7 Å². The summed E-state index contributed by atoms with van der Waals surface area (Å²) in [6.07, 6.45) is 8.67. The first-order chi connectivity index (χ1) is 14.6. The van der Waals surface area contributed by atoms with Gasteiger partial charge in [0, 0.05) is 36.1 Å². The molecule has 11 heteroatoms. The minimum Gasteiger partial charge on any atom is -0.351 e. The number of para-hydroxylation sites is 1. The van der Waals surface area contributed by atoms with Crippen LogP contribution in [0.4, 0.5) is 5.95 Å². The summed E-state index contributed by atoms with van der Waals surface area (Å²) < 4.78 is 51.7. The van der Waals surface area contributed by atoms with Crippen LogP contribution < -0.4 is 10.0 Å². The number of aromatic nitrogens is 3. The van der Waals surface area contributed by atoms with E-state index >= 15 is 0 Å². The highest BCUT2D eigenvalue weighted by molar-refractivity contribution is 7.91. The van der Waals surface area contributed by atoms with Crippen molar-refractivity contribution in [3.05, 3.63) is 42.7 Å². The average molecular weight is 464 g/mol. The predicted octanol–water partition coefficient (Wildman–Crippen LogP) is 2.10. The van der Waals surface area contributed by atoms with Crippen LogP contribution in [0.1, 0.15) is 25.7 Å². The van der Waals surface area contributed by atoms with Crippen molar-refractivity contribution in [3.8, 4) is 5.82 Å². The van der Waals surface area contributed by atoms with E-state index in [1.165, 1.54) is 12.5 Å². The van der Waals surface area contributed by atoms with E-state index < -0.39 is 19.9 Å². The third-order valence-electron chi connectivity index (χ3n) is 5.40. The van der Waals surface area contributed by atoms with Crippen LogP contribution in [0.2, 0.25) is 0 Å². The number of fused-ring (bicyclic) bond motifs is 1. The summed E-state index contributed by atoms with van der Waals surface area (Å²) >= 11 is 0. The number of hydrogen-bond acceptors (Lipinski definition) is 7. The van der Waals surface area contributed by atoms with Gasteiger partial charge in [-0.1, -0.05) is 18.2 Å². The molecule has 166 valence electrons. The van der Waals surface area contributed by atoms with Gasteiger partial charge in [-0.2, -0.15) is 4.98 Å². The van der Waals surface area contributed by atoms with E-state index in [2.05, 4.69) is 20.0 Å². The van der Waals surface area contributed by atoms with E-state index in [1.54, 1.807) is 29.1 Å². The van der Waals surface area contributed by atoms with Crippen LogP contribution in [0.3, 0.4) is 0 Å². The molecule has 0 radical (unpaired) electrons. The lowest BCUT2D eigenvalue weighted by molar-refractivity contribution is 0.387. The third-order valence-corrected chi connectivity index (χ3v) is 7.29. The van der Waals surface area contributed by atoms with Gasteiger partial charge >= 0.3 is 0 Å². The van der Waals surface area contributed by atoms with E-state index in [0.29, 0.717) is 17.2 Å². The number of sulfone groups is 1. The molecule has 4 rings (SSSR count). The molecule has 0 spiro atoms. The Morgan fingerprint density at radius 1 is 0.968 bits per heavy atom. The minimum atomic E-state index is -3.40. The van der Waals surface area contributed by atoms with Crippen molar-refractivity contribution >= 4 is 36.7 Å². The molecular weight excluding hydrogens is 438 g/mol. The summed E-state index contributed by atoms with van der Waals surface area (Å²) in [5.74, 6) is 1.02. The quantitative estimate of drug-likeness (QED) is 0.574. The van der Waals surface area contributed by atoms with Gasteiger partial charge in [-0.3, -0.25) is 4.57 Å². The lowest BCUT2D eigenvalue weighted by Gasteiger charge is -2.29. The Kier molecular flexibility index (Phi) is 5.75. The normalized spacial score (nSPS) is 20.1. The zero-order chi connectivity index (χ0) is 22.2. The zero-order valence-electron chi connectivity index (χ0n) is 17.3. The molecule has 1 aliphatic rings. The lowest BCUT2D eigenvalue weighted by atomic mass is 9.92. The van der Waals surface area contributed by atoms with E-state index in [9.17, 15) is 16.8 Å². The maximum Gasteiger partial charge on any atom is 0.224 e. The first-order valence-electron chi connectivity index (χ1n) is 9.97. The van der Waals surface area contributed by atoms with Crippen LogP contribution in [-0.4, -0.2) is 56.0 Å². The Hall–Kier alpha value is -2.50. The molecule has 1 fully saturated rings. The minimum absolute atomic E-state index is 0.0408. The lowest BCUT2D eigenvalue weighted by Crippen LogP contribution is -2.39. The second-order valence-electron chi connectivity index (χ2n) is 7.97. The highest BCUT2D eigenvalue weighted by Crippen LogP contribution is 2.28. The van der Waals surface area contributed by atoms with Crippen molar-refractivity contribution in [1.29, 1.82) is 0 Å². The molecule has 0 unspecified atom stereocenters. The fourth-order valence-electron chi connectivity index (χ4n) is 4.03. The third kappa shape index (κ3) is 5.05. The predicted molar refractivity (Wildman–Crippen MR) is 120 cm³/mol. The Morgan fingerprint density at radius 3 is 2.32 bits per heavy atom. The molecule has 2 aromatic heterocycles. The van der Waals surface area contributed by atoms with Crippen LogP contribution in [0.15, 0.2) is 47.6 Å². The van der Waals surface area contributed by atoms with Crippen LogP contribution in [0.25, 0.3) is 16.7 Å². The highest BCUT2D eigenvalue weighted by Gasteiger charge is 2.24. The van der Waals surface area contributed by atoms with Gasteiger partial charge in [-0.25, -0.2) is 26.5 Å². The molecule has 1 aromatic carbocycles. The number of nitrogens with one attached hydrogen (secondary N) is 2. The van der Waals surface area contributed by atoms with Gasteiger partial charge in [-0.15, -0.1) is 0 Å². The van der Waals surface area contributed by atoms with Gasteiger partial charge in [0.25, 0.3) is 0 Å². The molecule has 0 aliphatic heterocycles. The SMILES string of the molecule is CS(=O)(=O)N[C@H]1CC[C@H](Nc2nccc(-n3cc(S(C)(=O)=O)c4ccccc43)n2)CC1. The van der Waals surface area contributed by atoms with Crippen molar-refractivity contribution in [2.75, 3.05) is 17.8 Å². The molecule has 31 heavy (non-hydrogen) atoms. The molecule has 1 aliphatic carbocycles. The number of benzene rings is 1. The van der Waals surface area contributed by atoms with Crippen LogP contribution in [-0.2, 0) is 19.9 Å². The standard InChI is InChI=1S/C20H25N5O4S2/c1-30(26,27)18-13-25(17-6-4-3-5-16(17)18)19-11-12-21-20(23-19)22-14-7-9-15(10-8-14)24-31(2,28)29/h3-6,11-15,24H,7-10H2,1-2H3,(H,21,22,23)/t14-,15-. The van der Waals surface area contributed by atoms with Crippen molar-refractivity contribution in [1.82, 2.24) is 19.3 Å². The summed E-state index contributed by atoms with van der Waals surface area (Å²) in [6.45, 7) is 0. The molecule has 0 bridgehead atoms. The van der Waals surface area contributed by atoms with Gasteiger partial charge in [-0.05, 0) is 37.8 Å². The largest absolute Gasteiger partial charge is 0.351 e. The van der Waals surface area contributed by atoms with Crippen LogP contribution in [0, 0.1) is 0 Å². The zero-order valence-corrected chi connectivity index (χ0v) is 18.9. The highest BCUT2D eigenvalue weighted by atomic mass is 32.2. The molecular formula is C20H25N5O4S2. The second kappa shape index (κ2) is 8.21. The maximum atomic E-state index is 12.2. The number of nitrogens with zero attached hydrogens (tertiary/aromatic N) is 3. The summed E-state index contributed by atoms with van der Waals surface area (Å²) in [6, 6.07) is 9.14. The van der Waals surface area contributed by atoms with E-state index in [4.69, 9.17) is 0 Å². The van der Waals surface area contributed by atoms with E-state index in [1.807, 2.05) is 18.2 Å². The van der Waals surface area contributed by atoms with E-state index in [0.717, 1.165) is 31.2 Å². The van der Waals surface area contributed by atoms with Crippen molar-refractivity contribution in [2.24, 2.45) is 0 Å². The summed E-state index contributed by atoms with van der Waals surface area (Å²) in [7, 11) is -6.60. The smallest absolute Gasteiger partial charge is 0.224 e. The molecule has 2 heterocycles. The average Bonchev–Trinajstić information content (AvgIpc) is 3.09.